The predicted molar refractivity (Wildman–Crippen MR) is 124 cm³/mol. The Morgan fingerprint density at radius 3 is 2.71 bits per heavy atom. The van der Waals surface area contributed by atoms with Crippen LogP contribution in [-0.4, -0.2) is 15.9 Å². The summed E-state index contributed by atoms with van der Waals surface area (Å²) in [6.07, 6.45) is 1.42. The number of carbonyl (C=O) groups excluding carboxylic acids is 1. The van der Waals surface area contributed by atoms with Crippen LogP contribution in [0, 0.1) is 6.92 Å². The number of nitrogens with one attached hydrogen (secondary N) is 2. The number of aryl methyl sites for hydroxylation is 1. The monoisotopic (exact) mass is 454 g/mol. The lowest BCUT2D eigenvalue weighted by Crippen LogP contribution is -2.23. The van der Waals surface area contributed by atoms with E-state index in [9.17, 15) is 4.79 Å². The number of rotatable bonds is 6. The van der Waals surface area contributed by atoms with Gasteiger partial charge in [-0.3, -0.25) is 4.79 Å². The summed E-state index contributed by atoms with van der Waals surface area (Å²) in [5.41, 5.74) is 10.0. The number of anilines is 1. The van der Waals surface area contributed by atoms with Crippen LogP contribution in [0.1, 0.15) is 27.2 Å². The third-order valence-corrected chi connectivity index (χ3v) is 5.56. The number of ether oxygens (including phenoxy) is 1. The highest BCUT2D eigenvalue weighted by Crippen LogP contribution is 2.27. The third-order valence-electron chi connectivity index (χ3n) is 4.85. The van der Waals surface area contributed by atoms with Crippen LogP contribution in [0.15, 0.2) is 54.7 Å². The van der Waals surface area contributed by atoms with E-state index in [4.69, 9.17) is 33.7 Å². The zero-order valence-corrected chi connectivity index (χ0v) is 18.2. The summed E-state index contributed by atoms with van der Waals surface area (Å²) in [5, 5.41) is 4.98. The number of amides is 1. The number of fused-ring (bicyclic) bond motifs is 1. The van der Waals surface area contributed by atoms with Crippen LogP contribution in [0.2, 0.25) is 10.0 Å². The Balaban J connectivity index is 1.44. The van der Waals surface area contributed by atoms with Crippen molar-refractivity contribution in [3.63, 3.8) is 0 Å². The molecule has 0 saturated heterocycles. The fourth-order valence-corrected chi connectivity index (χ4v) is 3.74. The minimum atomic E-state index is -0.279. The Labute approximate surface area is 189 Å². The van der Waals surface area contributed by atoms with Crippen molar-refractivity contribution in [3.05, 3.63) is 87.2 Å². The first-order valence-electron chi connectivity index (χ1n) is 9.58. The molecule has 31 heavy (non-hydrogen) atoms. The number of aromatic amines is 1. The summed E-state index contributed by atoms with van der Waals surface area (Å²) >= 11 is 12.4. The number of hydrogen-bond donors (Lipinski definition) is 3. The number of benzene rings is 2. The van der Waals surface area contributed by atoms with Gasteiger partial charge in [0, 0.05) is 39.6 Å². The summed E-state index contributed by atoms with van der Waals surface area (Å²) in [5.74, 6) is 0.180. The molecule has 6 nitrogen and oxygen atoms in total. The number of nitrogens with two attached hydrogens (primary N) is 1. The van der Waals surface area contributed by atoms with Gasteiger partial charge in [-0.1, -0.05) is 35.3 Å². The second kappa shape index (κ2) is 8.88. The molecule has 4 rings (SSSR count). The highest BCUT2D eigenvalue weighted by Gasteiger charge is 2.13. The number of carbonyl (C=O) groups is 1. The minimum Gasteiger partial charge on any atom is -0.485 e. The Bertz CT molecular complexity index is 1250. The van der Waals surface area contributed by atoms with Gasteiger partial charge in [0.25, 0.3) is 5.91 Å². The van der Waals surface area contributed by atoms with Crippen molar-refractivity contribution in [3.8, 4) is 5.75 Å². The SMILES string of the molecule is Cc1cc2cc(CNC(=O)c3cnc(N)c(OCc4c(Cl)cccc4Cl)c3)ccc2[nH]1. The van der Waals surface area contributed by atoms with E-state index in [2.05, 4.69) is 21.4 Å². The third kappa shape index (κ3) is 4.76. The van der Waals surface area contributed by atoms with Crippen molar-refractivity contribution in [1.82, 2.24) is 15.3 Å². The van der Waals surface area contributed by atoms with Crippen LogP contribution < -0.4 is 15.8 Å². The van der Waals surface area contributed by atoms with Gasteiger partial charge in [0.2, 0.25) is 0 Å². The van der Waals surface area contributed by atoms with E-state index in [0.29, 0.717) is 27.7 Å². The Hall–Kier alpha value is -3.22. The predicted octanol–water partition coefficient (Wildman–Crippen LogP) is 5.27. The summed E-state index contributed by atoms with van der Waals surface area (Å²) in [4.78, 5) is 20.0. The molecular weight excluding hydrogens is 435 g/mol. The maximum Gasteiger partial charge on any atom is 0.253 e. The van der Waals surface area contributed by atoms with Gasteiger partial charge >= 0.3 is 0 Å². The van der Waals surface area contributed by atoms with Crippen molar-refractivity contribution in [2.45, 2.75) is 20.1 Å². The highest BCUT2D eigenvalue weighted by atomic mass is 35.5. The molecule has 0 aliphatic rings. The van der Waals surface area contributed by atoms with Crippen LogP contribution in [0.4, 0.5) is 5.82 Å². The largest absolute Gasteiger partial charge is 0.485 e. The average Bonchev–Trinajstić information content (AvgIpc) is 3.12. The minimum absolute atomic E-state index is 0.103. The number of halogens is 2. The van der Waals surface area contributed by atoms with Crippen molar-refractivity contribution in [1.29, 1.82) is 0 Å². The molecule has 0 spiro atoms. The fraction of sp³-hybridized carbons (Fsp3) is 0.130. The standard InChI is InChI=1S/C23H20Cl2N4O2/c1-13-7-15-8-14(5-6-20(15)29-13)10-28-23(30)16-9-21(22(26)27-11-16)31-12-17-18(24)3-2-4-19(17)25/h2-9,11,29H,10,12H2,1H3,(H2,26,27)(H,28,30). The molecule has 0 bridgehead atoms. The summed E-state index contributed by atoms with van der Waals surface area (Å²) in [7, 11) is 0. The van der Waals surface area contributed by atoms with Gasteiger partial charge in [0.05, 0.1) is 5.56 Å². The molecule has 0 aliphatic heterocycles. The number of nitrogen functional groups attached to an aromatic ring is 1. The summed E-state index contributed by atoms with van der Waals surface area (Å²) < 4.78 is 5.75. The zero-order chi connectivity index (χ0) is 22.0. The highest BCUT2D eigenvalue weighted by molar-refractivity contribution is 6.35. The molecular formula is C23H20Cl2N4O2. The summed E-state index contributed by atoms with van der Waals surface area (Å²) in [6, 6.07) is 14.8. The van der Waals surface area contributed by atoms with E-state index in [0.717, 1.165) is 22.2 Å². The number of aromatic nitrogens is 2. The van der Waals surface area contributed by atoms with Gasteiger partial charge in [-0.15, -0.1) is 0 Å². The first-order valence-corrected chi connectivity index (χ1v) is 10.3. The maximum absolute atomic E-state index is 12.6. The van der Waals surface area contributed by atoms with Crippen molar-refractivity contribution >= 4 is 45.8 Å². The van der Waals surface area contributed by atoms with E-state index in [1.54, 1.807) is 24.3 Å². The van der Waals surface area contributed by atoms with E-state index >= 15 is 0 Å². The van der Waals surface area contributed by atoms with Crippen LogP contribution >= 0.6 is 23.2 Å². The molecule has 1 amide bonds. The molecule has 8 heteroatoms. The van der Waals surface area contributed by atoms with Crippen LogP contribution in [0.5, 0.6) is 5.75 Å². The zero-order valence-electron chi connectivity index (χ0n) is 16.7. The number of hydrogen-bond acceptors (Lipinski definition) is 4. The van der Waals surface area contributed by atoms with Gasteiger partial charge in [-0.05, 0) is 54.3 Å². The molecule has 2 heterocycles. The van der Waals surface area contributed by atoms with Crippen LogP contribution in [0.3, 0.4) is 0 Å². The lowest BCUT2D eigenvalue weighted by atomic mass is 10.1. The van der Waals surface area contributed by atoms with Gasteiger partial charge in [0.1, 0.15) is 6.61 Å². The second-order valence-electron chi connectivity index (χ2n) is 7.15. The summed E-state index contributed by atoms with van der Waals surface area (Å²) in [6.45, 7) is 2.50. The van der Waals surface area contributed by atoms with E-state index in [1.165, 1.54) is 6.20 Å². The Morgan fingerprint density at radius 2 is 1.94 bits per heavy atom. The Kier molecular flexibility index (Phi) is 6.02. The Morgan fingerprint density at radius 1 is 1.16 bits per heavy atom. The molecule has 0 radical (unpaired) electrons. The van der Waals surface area contributed by atoms with E-state index in [1.807, 2.05) is 25.1 Å². The molecule has 4 N–H and O–H groups in total. The first-order chi connectivity index (χ1) is 14.9. The van der Waals surface area contributed by atoms with E-state index in [-0.39, 0.29) is 24.1 Å². The molecule has 0 aliphatic carbocycles. The van der Waals surface area contributed by atoms with Gasteiger partial charge < -0.3 is 20.8 Å². The second-order valence-corrected chi connectivity index (χ2v) is 7.97. The molecule has 0 fully saturated rings. The van der Waals surface area contributed by atoms with E-state index < -0.39 is 0 Å². The quantitative estimate of drug-likeness (QED) is 0.369. The lowest BCUT2D eigenvalue weighted by Gasteiger charge is -2.12. The molecule has 158 valence electrons. The maximum atomic E-state index is 12.6. The first kappa shape index (κ1) is 21.0. The van der Waals surface area contributed by atoms with Gasteiger partial charge in [-0.25, -0.2) is 4.98 Å². The average molecular weight is 455 g/mol. The molecule has 2 aromatic carbocycles. The number of H-pyrrole nitrogens is 1. The van der Waals surface area contributed by atoms with Crippen molar-refractivity contribution < 1.29 is 9.53 Å². The lowest BCUT2D eigenvalue weighted by molar-refractivity contribution is 0.0950. The molecule has 0 unspecified atom stereocenters. The topological polar surface area (TPSA) is 93.0 Å². The van der Waals surface area contributed by atoms with Gasteiger partial charge in [-0.2, -0.15) is 0 Å². The number of nitrogens with zero attached hydrogens (tertiary/aromatic N) is 1. The van der Waals surface area contributed by atoms with Crippen molar-refractivity contribution in [2.75, 3.05) is 5.73 Å². The van der Waals surface area contributed by atoms with Crippen LogP contribution in [-0.2, 0) is 13.2 Å². The molecule has 0 saturated carbocycles. The normalized spacial score (nSPS) is 10.9. The number of pyridine rings is 1. The van der Waals surface area contributed by atoms with Gasteiger partial charge in [0.15, 0.2) is 11.6 Å². The van der Waals surface area contributed by atoms with Crippen molar-refractivity contribution in [2.24, 2.45) is 0 Å². The molecule has 0 atom stereocenters. The molecule has 2 aromatic heterocycles. The smallest absolute Gasteiger partial charge is 0.253 e. The fourth-order valence-electron chi connectivity index (χ4n) is 3.24. The van der Waals surface area contributed by atoms with Crippen LogP contribution in [0.25, 0.3) is 10.9 Å². The molecule has 4 aromatic rings.